The second kappa shape index (κ2) is 9.21. The van der Waals surface area contributed by atoms with Crippen LogP contribution >= 0.6 is 11.3 Å². The average molecular weight is 461 g/mol. The third-order valence-corrected chi connectivity index (χ3v) is 7.91. The van der Waals surface area contributed by atoms with Crippen LogP contribution in [0.25, 0.3) is 10.6 Å². The van der Waals surface area contributed by atoms with Gasteiger partial charge >= 0.3 is 0 Å². The first kappa shape index (κ1) is 21.5. The molecular formula is C21H24N4O4S2. The molecule has 164 valence electrons. The standard InChI is InChI=1S/C21H24N4O4S2/c1-28-16-8-11-19(29-2)18(14-16)20-23-24-21(30-20)22-15-6-9-17(10-7-15)31(26,27)25-12-4-3-5-13-25/h6-11,14H,3-5,12-13H2,1-2H3,(H,22,24). The lowest BCUT2D eigenvalue weighted by atomic mass is 10.2. The Labute approximate surface area is 185 Å². The third kappa shape index (κ3) is 4.65. The van der Waals surface area contributed by atoms with Crippen molar-refractivity contribution in [3.05, 3.63) is 42.5 Å². The third-order valence-electron chi connectivity index (χ3n) is 5.12. The fourth-order valence-electron chi connectivity index (χ4n) is 3.45. The van der Waals surface area contributed by atoms with Gasteiger partial charge in [0.15, 0.2) is 5.01 Å². The van der Waals surface area contributed by atoms with Crippen molar-refractivity contribution in [3.63, 3.8) is 0 Å². The summed E-state index contributed by atoms with van der Waals surface area (Å²) in [5, 5.41) is 12.9. The molecule has 0 unspecified atom stereocenters. The van der Waals surface area contributed by atoms with Crippen LogP contribution in [0.1, 0.15) is 19.3 Å². The molecule has 8 nitrogen and oxygen atoms in total. The summed E-state index contributed by atoms with van der Waals surface area (Å²) in [6.45, 7) is 1.17. The summed E-state index contributed by atoms with van der Waals surface area (Å²) in [6, 6.07) is 12.2. The van der Waals surface area contributed by atoms with Crippen LogP contribution in [0.2, 0.25) is 0 Å². The van der Waals surface area contributed by atoms with Gasteiger partial charge in [-0.2, -0.15) is 4.31 Å². The maximum Gasteiger partial charge on any atom is 0.243 e. The molecule has 1 saturated heterocycles. The molecule has 1 aliphatic rings. The summed E-state index contributed by atoms with van der Waals surface area (Å²) < 4.78 is 37.9. The average Bonchev–Trinajstić information content (AvgIpc) is 3.28. The smallest absolute Gasteiger partial charge is 0.243 e. The number of aromatic nitrogens is 2. The maximum absolute atomic E-state index is 12.8. The van der Waals surface area contributed by atoms with Crippen molar-refractivity contribution in [1.29, 1.82) is 0 Å². The van der Waals surface area contributed by atoms with Gasteiger partial charge in [0.05, 0.1) is 24.7 Å². The molecule has 31 heavy (non-hydrogen) atoms. The molecule has 3 aromatic rings. The van der Waals surface area contributed by atoms with Gasteiger partial charge in [-0.1, -0.05) is 17.8 Å². The van der Waals surface area contributed by atoms with E-state index in [0.29, 0.717) is 39.6 Å². The van der Waals surface area contributed by atoms with Crippen molar-refractivity contribution in [2.45, 2.75) is 24.2 Å². The summed E-state index contributed by atoms with van der Waals surface area (Å²) in [5.74, 6) is 1.38. The Morgan fingerprint density at radius 3 is 2.39 bits per heavy atom. The van der Waals surface area contributed by atoms with E-state index in [4.69, 9.17) is 9.47 Å². The van der Waals surface area contributed by atoms with Gasteiger partial charge in [0, 0.05) is 18.8 Å². The van der Waals surface area contributed by atoms with E-state index in [1.54, 1.807) is 42.8 Å². The van der Waals surface area contributed by atoms with Crippen LogP contribution in [0.3, 0.4) is 0 Å². The van der Waals surface area contributed by atoms with Gasteiger partial charge in [-0.25, -0.2) is 8.42 Å². The number of methoxy groups -OCH3 is 2. The van der Waals surface area contributed by atoms with E-state index in [0.717, 1.165) is 30.5 Å². The van der Waals surface area contributed by atoms with E-state index in [1.807, 2.05) is 18.2 Å². The van der Waals surface area contributed by atoms with Crippen LogP contribution in [0.4, 0.5) is 10.8 Å². The van der Waals surface area contributed by atoms with Gasteiger partial charge in [-0.15, -0.1) is 10.2 Å². The number of anilines is 2. The quantitative estimate of drug-likeness (QED) is 0.566. The highest BCUT2D eigenvalue weighted by Gasteiger charge is 2.25. The van der Waals surface area contributed by atoms with Gasteiger partial charge in [0.2, 0.25) is 15.2 Å². The lowest BCUT2D eigenvalue weighted by Gasteiger charge is -2.25. The number of hydrogen-bond acceptors (Lipinski definition) is 8. The number of piperidine rings is 1. The molecule has 2 aromatic carbocycles. The molecule has 1 N–H and O–H groups in total. The molecule has 0 saturated carbocycles. The number of ether oxygens (including phenoxy) is 2. The lowest BCUT2D eigenvalue weighted by Crippen LogP contribution is -2.35. The lowest BCUT2D eigenvalue weighted by molar-refractivity contribution is 0.346. The largest absolute Gasteiger partial charge is 0.497 e. The summed E-state index contributed by atoms with van der Waals surface area (Å²) in [6.07, 6.45) is 2.91. The zero-order valence-electron chi connectivity index (χ0n) is 17.4. The molecule has 0 radical (unpaired) electrons. The highest BCUT2D eigenvalue weighted by molar-refractivity contribution is 7.89. The minimum Gasteiger partial charge on any atom is -0.497 e. The van der Waals surface area contributed by atoms with Gasteiger partial charge < -0.3 is 14.8 Å². The van der Waals surface area contributed by atoms with Crippen molar-refractivity contribution in [1.82, 2.24) is 14.5 Å². The number of hydrogen-bond donors (Lipinski definition) is 1. The Kier molecular flexibility index (Phi) is 6.40. The first-order valence-electron chi connectivity index (χ1n) is 9.94. The fourth-order valence-corrected chi connectivity index (χ4v) is 5.75. The number of nitrogens with one attached hydrogen (secondary N) is 1. The van der Waals surface area contributed by atoms with Crippen LogP contribution in [0.15, 0.2) is 47.4 Å². The first-order valence-corrected chi connectivity index (χ1v) is 12.2. The molecule has 0 bridgehead atoms. The van der Waals surface area contributed by atoms with Gasteiger partial charge in [-0.05, 0) is 55.3 Å². The minimum absolute atomic E-state index is 0.305. The predicted molar refractivity (Wildman–Crippen MR) is 121 cm³/mol. The zero-order chi connectivity index (χ0) is 21.8. The Balaban J connectivity index is 1.51. The van der Waals surface area contributed by atoms with Gasteiger partial charge in [-0.3, -0.25) is 0 Å². The minimum atomic E-state index is -3.44. The van der Waals surface area contributed by atoms with Crippen molar-refractivity contribution in [3.8, 4) is 22.1 Å². The van der Waals surface area contributed by atoms with E-state index >= 15 is 0 Å². The molecule has 10 heteroatoms. The number of rotatable bonds is 7. The molecule has 1 aliphatic heterocycles. The summed E-state index contributed by atoms with van der Waals surface area (Å²) in [4.78, 5) is 0.305. The molecule has 0 spiro atoms. The molecule has 2 heterocycles. The van der Waals surface area contributed by atoms with Gasteiger partial charge in [0.1, 0.15) is 11.5 Å². The SMILES string of the molecule is COc1ccc(OC)c(-c2nnc(Nc3ccc(S(=O)(=O)N4CCCCC4)cc3)s2)c1. The monoisotopic (exact) mass is 460 g/mol. The fraction of sp³-hybridized carbons (Fsp3) is 0.333. The molecule has 0 atom stereocenters. The van der Waals surface area contributed by atoms with Crippen molar-refractivity contribution >= 4 is 32.2 Å². The Morgan fingerprint density at radius 2 is 1.71 bits per heavy atom. The van der Waals surface area contributed by atoms with Crippen LogP contribution in [0, 0.1) is 0 Å². The maximum atomic E-state index is 12.8. The number of nitrogens with zero attached hydrogens (tertiary/aromatic N) is 3. The van der Waals surface area contributed by atoms with Crippen LogP contribution in [-0.2, 0) is 10.0 Å². The zero-order valence-corrected chi connectivity index (χ0v) is 19.0. The molecular weight excluding hydrogens is 436 g/mol. The van der Waals surface area contributed by atoms with Crippen LogP contribution in [0.5, 0.6) is 11.5 Å². The van der Waals surface area contributed by atoms with Crippen molar-refractivity contribution in [2.24, 2.45) is 0 Å². The van der Waals surface area contributed by atoms with E-state index in [2.05, 4.69) is 15.5 Å². The highest BCUT2D eigenvalue weighted by Crippen LogP contribution is 2.37. The van der Waals surface area contributed by atoms with Crippen LogP contribution < -0.4 is 14.8 Å². The Hall–Kier alpha value is -2.69. The summed E-state index contributed by atoms with van der Waals surface area (Å²) >= 11 is 1.37. The normalized spacial score (nSPS) is 14.9. The molecule has 0 aliphatic carbocycles. The number of benzene rings is 2. The second-order valence-corrected chi connectivity index (χ2v) is 10.0. The molecule has 0 amide bonds. The molecule has 1 fully saturated rings. The Morgan fingerprint density at radius 1 is 0.968 bits per heavy atom. The number of sulfonamides is 1. The summed E-state index contributed by atoms with van der Waals surface area (Å²) in [5.41, 5.74) is 1.52. The van der Waals surface area contributed by atoms with E-state index in [-0.39, 0.29) is 0 Å². The second-order valence-electron chi connectivity index (χ2n) is 7.09. The molecule has 1 aromatic heterocycles. The van der Waals surface area contributed by atoms with Gasteiger partial charge in [0.25, 0.3) is 0 Å². The summed E-state index contributed by atoms with van der Waals surface area (Å²) in [7, 11) is -0.236. The first-order chi connectivity index (χ1) is 15.0. The highest BCUT2D eigenvalue weighted by atomic mass is 32.2. The molecule has 4 rings (SSSR count). The Bertz CT molecular complexity index is 1140. The topological polar surface area (TPSA) is 93.6 Å². The van der Waals surface area contributed by atoms with E-state index in [9.17, 15) is 8.42 Å². The van der Waals surface area contributed by atoms with Crippen LogP contribution in [-0.4, -0.2) is 50.2 Å². The predicted octanol–water partition coefficient (Wildman–Crippen LogP) is 4.14. The van der Waals surface area contributed by atoms with E-state index < -0.39 is 10.0 Å². The van der Waals surface area contributed by atoms with Crippen molar-refractivity contribution < 1.29 is 17.9 Å². The van der Waals surface area contributed by atoms with Crippen molar-refractivity contribution in [2.75, 3.05) is 32.6 Å². The van der Waals surface area contributed by atoms with E-state index in [1.165, 1.54) is 11.3 Å².